The van der Waals surface area contributed by atoms with Gasteiger partial charge in [-0.1, -0.05) is 0 Å². The summed E-state index contributed by atoms with van der Waals surface area (Å²) in [6.07, 6.45) is -4.55. The molecule has 0 saturated heterocycles. The predicted octanol–water partition coefficient (Wildman–Crippen LogP) is 1.75. The van der Waals surface area contributed by atoms with Gasteiger partial charge in [0.2, 0.25) is 0 Å². The van der Waals surface area contributed by atoms with E-state index in [-0.39, 0.29) is 0 Å². The third-order valence-corrected chi connectivity index (χ3v) is 2.20. The maximum absolute atomic E-state index is 12.0. The molecule has 1 rings (SSSR count). The normalized spacial score (nSPS) is 12.9. The Bertz CT molecular complexity index is 418. The van der Waals surface area contributed by atoms with Crippen molar-refractivity contribution < 1.29 is 26.1 Å². The van der Waals surface area contributed by atoms with Gasteiger partial charge in [-0.15, -0.1) is 0 Å². The standard InChI is InChI=1S/C7H4F3O3S/c8-7(9,10)5-1-3-6(4-2-5)14(11,12)13/h1-3H,(H,11,12,13). The smallest absolute Gasteiger partial charge is 0.282 e. The lowest BCUT2D eigenvalue weighted by Gasteiger charge is -2.05. The Hall–Kier alpha value is -1.08. The van der Waals surface area contributed by atoms with E-state index in [1.165, 1.54) is 0 Å². The Morgan fingerprint density at radius 1 is 1.29 bits per heavy atom. The van der Waals surface area contributed by atoms with Gasteiger partial charge >= 0.3 is 6.18 Å². The number of rotatable bonds is 1. The number of hydrogen-bond acceptors (Lipinski definition) is 2. The van der Waals surface area contributed by atoms with Crippen molar-refractivity contribution in [3.63, 3.8) is 0 Å². The first kappa shape index (κ1) is 11.0. The molecule has 1 radical (unpaired) electrons. The topological polar surface area (TPSA) is 54.4 Å². The molecule has 0 atom stereocenters. The summed E-state index contributed by atoms with van der Waals surface area (Å²) >= 11 is 0. The minimum Gasteiger partial charge on any atom is -0.282 e. The zero-order valence-corrected chi connectivity index (χ0v) is 7.35. The van der Waals surface area contributed by atoms with Crippen LogP contribution in [0.3, 0.4) is 0 Å². The summed E-state index contributed by atoms with van der Waals surface area (Å²) in [7, 11) is -4.49. The predicted molar refractivity (Wildman–Crippen MR) is 40.1 cm³/mol. The summed E-state index contributed by atoms with van der Waals surface area (Å²) in [6.45, 7) is 0. The third-order valence-electron chi connectivity index (χ3n) is 1.39. The molecule has 0 heterocycles. The molecule has 0 unspecified atom stereocenters. The number of benzene rings is 1. The van der Waals surface area contributed by atoms with Gasteiger partial charge in [-0.3, -0.25) is 4.55 Å². The Morgan fingerprint density at radius 3 is 2.14 bits per heavy atom. The van der Waals surface area contributed by atoms with Crippen molar-refractivity contribution in [1.82, 2.24) is 0 Å². The molecule has 0 aliphatic heterocycles. The molecule has 0 aliphatic carbocycles. The lowest BCUT2D eigenvalue weighted by Crippen LogP contribution is -2.06. The minimum absolute atomic E-state index is 0.461. The van der Waals surface area contributed by atoms with Crippen molar-refractivity contribution in [3.05, 3.63) is 29.8 Å². The van der Waals surface area contributed by atoms with Gasteiger partial charge in [0.25, 0.3) is 10.1 Å². The summed E-state index contributed by atoms with van der Waals surface area (Å²) in [5.74, 6) is 0. The SMILES string of the molecule is O=S(=O)(O)c1[c]cc(C(F)(F)F)cc1. The summed E-state index contributed by atoms with van der Waals surface area (Å²) in [6, 6.07) is 3.48. The molecule has 77 valence electrons. The van der Waals surface area contributed by atoms with Crippen molar-refractivity contribution >= 4 is 10.1 Å². The first-order chi connectivity index (χ1) is 6.21. The molecule has 0 bridgehead atoms. The highest BCUT2D eigenvalue weighted by molar-refractivity contribution is 7.85. The molecule has 0 amide bonds. The second kappa shape index (κ2) is 3.25. The van der Waals surface area contributed by atoms with Gasteiger partial charge in [0.05, 0.1) is 5.56 Å². The fraction of sp³-hybridized carbons (Fsp3) is 0.143. The molecule has 1 N–H and O–H groups in total. The van der Waals surface area contributed by atoms with Gasteiger partial charge in [0.15, 0.2) is 0 Å². The maximum atomic E-state index is 12.0. The molecular weight excluding hydrogens is 221 g/mol. The maximum Gasteiger partial charge on any atom is 0.416 e. The van der Waals surface area contributed by atoms with E-state index in [4.69, 9.17) is 4.55 Å². The van der Waals surface area contributed by atoms with E-state index >= 15 is 0 Å². The van der Waals surface area contributed by atoms with Crippen LogP contribution in [0, 0.1) is 6.07 Å². The van der Waals surface area contributed by atoms with Crippen LogP contribution in [0.25, 0.3) is 0 Å². The van der Waals surface area contributed by atoms with Crippen LogP contribution in [0.4, 0.5) is 13.2 Å². The molecule has 0 saturated carbocycles. The van der Waals surface area contributed by atoms with Crippen LogP contribution in [-0.4, -0.2) is 13.0 Å². The first-order valence-electron chi connectivity index (χ1n) is 3.28. The minimum atomic E-state index is -4.55. The van der Waals surface area contributed by atoms with Crippen molar-refractivity contribution in [1.29, 1.82) is 0 Å². The van der Waals surface area contributed by atoms with E-state index in [2.05, 4.69) is 0 Å². The Balaban J connectivity index is 3.14. The fourth-order valence-electron chi connectivity index (χ4n) is 0.747. The zero-order chi connectivity index (χ0) is 11.0. The van der Waals surface area contributed by atoms with E-state index in [0.29, 0.717) is 18.2 Å². The van der Waals surface area contributed by atoms with Crippen LogP contribution in [0.1, 0.15) is 5.56 Å². The van der Waals surface area contributed by atoms with Crippen LogP contribution in [0.2, 0.25) is 0 Å². The number of hydrogen-bond donors (Lipinski definition) is 1. The summed E-state index contributed by atoms with van der Waals surface area (Å²) in [4.78, 5) is -0.689. The Kier molecular flexibility index (Phi) is 2.55. The van der Waals surface area contributed by atoms with E-state index in [9.17, 15) is 21.6 Å². The Morgan fingerprint density at radius 2 is 1.86 bits per heavy atom. The summed E-state index contributed by atoms with van der Waals surface area (Å²) in [5, 5.41) is 0. The average molecular weight is 225 g/mol. The molecule has 0 spiro atoms. The third kappa shape index (κ3) is 2.46. The van der Waals surface area contributed by atoms with Crippen LogP contribution in [-0.2, 0) is 16.3 Å². The number of alkyl halides is 3. The summed E-state index contributed by atoms with van der Waals surface area (Å²) < 4.78 is 65.3. The monoisotopic (exact) mass is 225 g/mol. The molecular formula is C7H4F3O3S. The second-order valence-corrected chi connectivity index (χ2v) is 3.80. The molecule has 3 nitrogen and oxygen atoms in total. The van der Waals surface area contributed by atoms with Gasteiger partial charge in [-0.2, -0.15) is 21.6 Å². The lowest BCUT2D eigenvalue weighted by atomic mass is 10.2. The molecule has 0 aliphatic rings. The molecule has 1 aromatic rings. The van der Waals surface area contributed by atoms with Crippen LogP contribution in [0.15, 0.2) is 23.1 Å². The zero-order valence-electron chi connectivity index (χ0n) is 6.54. The highest BCUT2D eigenvalue weighted by Gasteiger charge is 2.30. The largest absolute Gasteiger partial charge is 0.416 e. The number of halogens is 3. The highest BCUT2D eigenvalue weighted by atomic mass is 32.2. The van der Waals surface area contributed by atoms with Crippen molar-refractivity contribution in [2.45, 2.75) is 11.1 Å². The van der Waals surface area contributed by atoms with E-state index in [0.717, 1.165) is 0 Å². The molecule has 14 heavy (non-hydrogen) atoms. The molecule has 0 aromatic heterocycles. The molecule has 7 heteroatoms. The van der Waals surface area contributed by atoms with Crippen molar-refractivity contribution in [2.24, 2.45) is 0 Å². The van der Waals surface area contributed by atoms with Crippen LogP contribution in [0.5, 0.6) is 0 Å². The first-order valence-corrected chi connectivity index (χ1v) is 4.72. The van der Waals surface area contributed by atoms with Gasteiger partial charge < -0.3 is 0 Å². The quantitative estimate of drug-likeness (QED) is 0.741. The highest BCUT2D eigenvalue weighted by Crippen LogP contribution is 2.29. The Labute approximate surface area is 77.9 Å². The van der Waals surface area contributed by atoms with Crippen molar-refractivity contribution in [3.8, 4) is 0 Å². The summed E-state index contributed by atoms with van der Waals surface area (Å²) in [5.41, 5.74) is -1.02. The molecule has 1 aromatic carbocycles. The van der Waals surface area contributed by atoms with Crippen LogP contribution >= 0.6 is 0 Å². The fourth-order valence-corrected chi connectivity index (χ4v) is 1.20. The van der Waals surface area contributed by atoms with E-state index in [1.807, 2.05) is 6.07 Å². The van der Waals surface area contributed by atoms with Crippen LogP contribution < -0.4 is 0 Å². The van der Waals surface area contributed by atoms with Gasteiger partial charge in [-0.05, 0) is 18.2 Å². The lowest BCUT2D eigenvalue weighted by molar-refractivity contribution is -0.137. The van der Waals surface area contributed by atoms with Crippen molar-refractivity contribution in [2.75, 3.05) is 0 Å². The van der Waals surface area contributed by atoms with E-state index < -0.39 is 26.8 Å². The van der Waals surface area contributed by atoms with Gasteiger partial charge in [-0.25, -0.2) is 0 Å². The van der Waals surface area contributed by atoms with Gasteiger partial charge in [0, 0.05) is 6.07 Å². The second-order valence-electron chi connectivity index (χ2n) is 2.41. The molecule has 0 fully saturated rings. The van der Waals surface area contributed by atoms with E-state index in [1.54, 1.807) is 0 Å². The average Bonchev–Trinajstić information content (AvgIpc) is 2.01. The van der Waals surface area contributed by atoms with Gasteiger partial charge in [0.1, 0.15) is 4.90 Å².